The van der Waals surface area contributed by atoms with Crippen LogP contribution in [0.25, 0.3) is 0 Å². The SMILES string of the molecule is CCCCCC1=C(CCCCC)CC(CCNC(=O)Nc2c(C(C)C)cccc2C(C)C)SC1. The molecular formula is C30H50N2OS. The molecule has 0 spiro atoms. The van der Waals surface area contributed by atoms with Gasteiger partial charge in [0.05, 0.1) is 0 Å². The maximum atomic E-state index is 12.8. The van der Waals surface area contributed by atoms with Crippen LogP contribution in [0.15, 0.2) is 29.3 Å². The van der Waals surface area contributed by atoms with Gasteiger partial charge in [0.15, 0.2) is 0 Å². The number of nitrogens with one attached hydrogen (secondary N) is 2. The maximum absolute atomic E-state index is 12.8. The molecule has 34 heavy (non-hydrogen) atoms. The minimum atomic E-state index is -0.0743. The van der Waals surface area contributed by atoms with Crippen molar-refractivity contribution in [3.05, 3.63) is 40.5 Å². The van der Waals surface area contributed by atoms with Gasteiger partial charge in [-0.3, -0.25) is 0 Å². The van der Waals surface area contributed by atoms with Gasteiger partial charge in [-0.05, 0) is 61.5 Å². The number of para-hydroxylation sites is 1. The van der Waals surface area contributed by atoms with E-state index >= 15 is 0 Å². The van der Waals surface area contributed by atoms with Crippen molar-refractivity contribution in [3.8, 4) is 0 Å². The molecule has 1 heterocycles. The summed E-state index contributed by atoms with van der Waals surface area (Å²) in [7, 11) is 0. The molecule has 4 heteroatoms. The van der Waals surface area contributed by atoms with E-state index < -0.39 is 0 Å². The summed E-state index contributed by atoms with van der Waals surface area (Å²) in [5, 5.41) is 6.97. The van der Waals surface area contributed by atoms with E-state index in [2.05, 4.69) is 82.1 Å². The van der Waals surface area contributed by atoms with Crippen molar-refractivity contribution in [3.63, 3.8) is 0 Å². The molecule has 0 aliphatic carbocycles. The Labute approximate surface area is 214 Å². The van der Waals surface area contributed by atoms with E-state index in [4.69, 9.17) is 0 Å². The van der Waals surface area contributed by atoms with Gasteiger partial charge in [-0.15, -0.1) is 0 Å². The molecule has 0 radical (unpaired) electrons. The summed E-state index contributed by atoms with van der Waals surface area (Å²) in [6.45, 7) is 14.1. The van der Waals surface area contributed by atoms with E-state index in [1.54, 1.807) is 11.1 Å². The smallest absolute Gasteiger partial charge is 0.319 e. The number of thioether (sulfide) groups is 1. The second-order valence-corrected chi connectivity index (χ2v) is 11.8. The Morgan fingerprint density at radius 1 is 0.941 bits per heavy atom. The monoisotopic (exact) mass is 486 g/mol. The van der Waals surface area contributed by atoms with Gasteiger partial charge >= 0.3 is 6.03 Å². The Bertz CT molecular complexity index is 758. The highest BCUT2D eigenvalue weighted by Gasteiger charge is 2.21. The van der Waals surface area contributed by atoms with Crippen LogP contribution in [-0.4, -0.2) is 23.6 Å². The summed E-state index contributed by atoms with van der Waals surface area (Å²) in [5.74, 6) is 1.94. The molecule has 2 rings (SSSR count). The number of hydrogen-bond acceptors (Lipinski definition) is 2. The first kappa shape index (κ1) is 28.8. The van der Waals surface area contributed by atoms with E-state index in [0.717, 1.165) is 18.7 Å². The Morgan fingerprint density at radius 2 is 1.53 bits per heavy atom. The molecule has 1 aliphatic rings. The zero-order chi connectivity index (χ0) is 24.9. The topological polar surface area (TPSA) is 41.1 Å². The van der Waals surface area contributed by atoms with Gasteiger partial charge in [-0.2, -0.15) is 11.8 Å². The van der Waals surface area contributed by atoms with Gasteiger partial charge in [-0.1, -0.05) is 96.6 Å². The summed E-state index contributed by atoms with van der Waals surface area (Å²) in [6, 6.07) is 6.30. The van der Waals surface area contributed by atoms with Crippen LogP contribution < -0.4 is 10.6 Å². The van der Waals surface area contributed by atoms with Gasteiger partial charge in [0, 0.05) is 23.2 Å². The maximum Gasteiger partial charge on any atom is 0.319 e. The Hall–Kier alpha value is -1.42. The van der Waals surface area contributed by atoms with Gasteiger partial charge in [0.2, 0.25) is 0 Å². The number of carbonyl (C=O) groups is 1. The van der Waals surface area contributed by atoms with Crippen molar-refractivity contribution in [2.24, 2.45) is 0 Å². The molecule has 1 unspecified atom stereocenters. The van der Waals surface area contributed by atoms with Crippen molar-refractivity contribution in [2.75, 3.05) is 17.6 Å². The second kappa shape index (κ2) is 15.5. The largest absolute Gasteiger partial charge is 0.338 e. The summed E-state index contributed by atoms with van der Waals surface area (Å²) in [4.78, 5) is 12.8. The van der Waals surface area contributed by atoms with Crippen molar-refractivity contribution >= 4 is 23.5 Å². The fourth-order valence-electron chi connectivity index (χ4n) is 4.89. The van der Waals surface area contributed by atoms with Gasteiger partial charge in [-0.25, -0.2) is 4.79 Å². The van der Waals surface area contributed by atoms with E-state index in [1.807, 2.05) is 0 Å². The number of urea groups is 1. The molecule has 1 atom stereocenters. The van der Waals surface area contributed by atoms with Crippen LogP contribution >= 0.6 is 11.8 Å². The fourth-order valence-corrected chi connectivity index (χ4v) is 6.28. The molecule has 1 aromatic rings. The van der Waals surface area contributed by atoms with Crippen molar-refractivity contribution in [1.82, 2.24) is 5.32 Å². The van der Waals surface area contributed by atoms with Gasteiger partial charge < -0.3 is 10.6 Å². The van der Waals surface area contributed by atoms with Crippen LogP contribution in [0.1, 0.15) is 129 Å². The number of carbonyl (C=O) groups excluding carboxylic acids is 1. The average molecular weight is 487 g/mol. The minimum Gasteiger partial charge on any atom is -0.338 e. The van der Waals surface area contributed by atoms with E-state index in [0.29, 0.717) is 17.1 Å². The molecule has 0 bridgehead atoms. The van der Waals surface area contributed by atoms with Crippen molar-refractivity contribution in [1.29, 1.82) is 0 Å². The molecule has 0 fully saturated rings. The lowest BCUT2D eigenvalue weighted by Gasteiger charge is -2.28. The Morgan fingerprint density at radius 3 is 2.09 bits per heavy atom. The van der Waals surface area contributed by atoms with Crippen molar-refractivity contribution in [2.45, 2.75) is 123 Å². The fraction of sp³-hybridized carbons (Fsp3) is 0.700. The van der Waals surface area contributed by atoms with E-state index in [1.165, 1.54) is 74.7 Å². The lowest BCUT2D eigenvalue weighted by Crippen LogP contribution is -2.32. The lowest BCUT2D eigenvalue weighted by atomic mass is 9.93. The first-order chi connectivity index (χ1) is 16.4. The molecule has 0 saturated heterocycles. The molecule has 2 amide bonds. The number of allylic oxidation sites excluding steroid dienone is 1. The summed E-state index contributed by atoms with van der Waals surface area (Å²) in [6.07, 6.45) is 12.8. The van der Waals surface area contributed by atoms with Crippen LogP contribution in [0, 0.1) is 0 Å². The zero-order valence-corrected chi connectivity index (χ0v) is 23.6. The third-order valence-corrected chi connectivity index (χ3v) is 8.38. The molecule has 1 aromatic carbocycles. The number of hydrogen-bond donors (Lipinski definition) is 2. The summed E-state index contributed by atoms with van der Waals surface area (Å²) < 4.78 is 0. The summed E-state index contributed by atoms with van der Waals surface area (Å²) in [5.41, 5.74) is 6.89. The van der Waals surface area contributed by atoms with Crippen molar-refractivity contribution < 1.29 is 4.79 Å². The molecule has 0 saturated carbocycles. The normalized spacial score (nSPS) is 16.4. The molecule has 0 aromatic heterocycles. The second-order valence-electron chi connectivity index (χ2n) is 10.5. The van der Waals surface area contributed by atoms with Crippen LogP contribution in [0.3, 0.4) is 0 Å². The quantitative estimate of drug-likeness (QED) is 0.203. The third-order valence-electron chi connectivity index (χ3n) is 6.99. The predicted molar refractivity (Wildman–Crippen MR) is 152 cm³/mol. The molecule has 3 nitrogen and oxygen atoms in total. The Kier molecular flexibility index (Phi) is 13.2. The van der Waals surface area contributed by atoms with Gasteiger partial charge in [0.25, 0.3) is 0 Å². The number of amides is 2. The van der Waals surface area contributed by atoms with Gasteiger partial charge in [0.1, 0.15) is 0 Å². The molecule has 1 aliphatic heterocycles. The first-order valence-electron chi connectivity index (χ1n) is 13.9. The minimum absolute atomic E-state index is 0.0743. The highest BCUT2D eigenvalue weighted by molar-refractivity contribution is 8.00. The number of benzene rings is 1. The first-order valence-corrected chi connectivity index (χ1v) is 14.9. The van der Waals surface area contributed by atoms with Crippen LogP contribution in [0.2, 0.25) is 0 Å². The average Bonchev–Trinajstić information content (AvgIpc) is 2.80. The van der Waals surface area contributed by atoms with Crippen LogP contribution in [-0.2, 0) is 0 Å². The highest BCUT2D eigenvalue weighted by atomic mass is 32.2. The van der Waals surface area contributed by atoms with E-state index in [9.17, 15) is 4.79 Å². The highest BCUT2D eigenvalue weighted by Crippen LogP contribution is 2.36. The molecular weight excluding hydrogens is 436 g/mol. The molecule has 2 N–H and O–H groups in total. The summed E-state index contributed by atoms with van der Waals surface area (Å²) >= 11 is 2.11. The lowest BCUT2D eigenvalue weighted by molar-refractivity contribution is 0.252. The number of rotatable bonds is 14. The Balaban J connectivity index is 1.91. The molecule has 192 valence electrons. The zero-order valence-electron chi connectivity index (χ0n) is 22.8. The van der Waals surface area contributed by atoms with Crippen LogP contribution in [0.5, 0.6) is 0 Å². The predicted octanol–water partition coefficient (Wildman–Crippen LogP) is 9.41. The van der Waals surface area contributed by atoms with Crippen LogP contribution in [0.4, 0.5) is 10.5 Å². The third kappa shape index (κ3) is 9.32. The standard InChI is InChI=1S/C30H50N2OS/c1-7-9-11-14-24-20-26(34-21-25(24)15-12-10-8-2)18-19-31-30(33)32-29-27(22(3)4)16-13-17-28(29)23(5)6/h13,16-17,22-23,26H,7-12,14-15,18-21H2,1-6H3,(H2,31,32,33). The number of anilines is 1. The van der Waals surface area contributed by atoms with E-state index in [-0.39, 0.29) is 6.03 Å². The number of unbranched alkanes of at least 4 members (excludes halogenated alkanes) is 4.